The van der Waals surface area contributed by atoms with Crippen molar-refractivity contribution in [3.8, 4) is 0 Å². The molecule has 3 N–H and O–H groups in total. The van der Waals surface area contributed by atoms with E-state index in [1.807, 2.05) is 0 Å². The first-order valence-electron chi connectivity index (χ1n) is 3.47. The van der Waals surface area contributed by atoms with Gasteiger partial charge in [-0.2, -0.15) is 0 Å². The lowest BCUT2D eigenvalue weighted by Gasteiger charge is -2.19. The average molecular weight is 157 g/mol. The van der Waals surface area contributed by atoms with Gasteiger partial charge in [0.1, 0.15) is 5.60 Å². The molecular formula is C6H14BN2O2. The van der Waals surface area contributed by atoms with E-state index in [9.17, 15) is 4.79 Å². The van der Waals surface area contributed by atoms with Gasteiger partial charge in [-0.05, 0) is 27.2 Å². The van der Waals surface area contributed by atoms with Crippen molar-refractivity contribution in [2.45, 2.75) is 26.4 Å². The van der Waals surface area contributed by atoms with E-state index in [1.54, 1.807) is 20.8 Å². The highest BCUT2D eigenvalue weighted by Gasteiger charge is 2.14. The molecule has 11 heavy (non-hydrogen) atoms. The maximum atomic E-state index is 10.8. The molecule has 0 saturated carbocycles. The van der Waals surface area contributed by atoms with Crippen molar-refractivity contribution in [1.82, 2.24) is 5.23 Å². The number of hydrogen-bond donors (Lipinski definition) is 2. The molecule has 0 saturated heterocycles. The van der Waals surface area contributed by atoms with Crippen molar-refractivity contribution in [2.75, 3.05) is 6.44 Å². The van der Waals surface area contributed by atoms with E-state index in [2.05, 4.69) is 5.23 Å². The van der Waals surface area contributed by atoms with E-state index in [1.165, 1.54) is 7.41 Å². The Labute approximate surface area is 67.7 Å². The van der Waals surface area contributed by atoms with Gasteiger partial charge in [0.15, 0.2) is 0 Å². The average Bonchev–Trinajstić information content (AvgIpc) is 1.79. The number of ether oxygens (including phenoxy) is 1. The summed E-state index contributed by atoms with van der Waals surface area (Å²) < 4.78 is 4.90. The van der Waals surface area contributed by atoms with Gasteiger partial charge in [-0.15, -0.1) is 0 Å². The van der Waals surface area contributed by atoms with Crippen LogP contribution in [0.2, 0.25) is 0 Å². The second-order valence-corrected chi connectivity index (χ2v) is 3.09. The fraction of sp³-hybridized carbons (Fsp3) is 0.833. The van der Waals surface area contributed by atoms with E-state index in [0.29, 0.717) is 6.44 Å². The van der Waals surface area contributed by atoms with Gasteiger partial charge in [0, 0.05) is 0 Å². The molecule has 0 rings (SSSR count). The van der Waals surface area contributed by atoms with Gasteiger partial charge >= 0.3 is 6.09 Å². The van der Waals surface area contributed by atoms with Crippen LogP contribution in [0, 0.1) is 0 Å². The summed E-state index contributed by atoms with van der Waals surface area (Å²) in [5.74, 6) is 0. The molecular weight excluding hydrogens is 143 g/mol. The molecule has 0 aromatic heterocycles. The summed E-state index contributed by atoms with van der Waals surface area (Å²) in [6, 6.07) is 0. The maximum absolute atomic E-state index is 10.8. The summed E-state index contributed by atoms with van der Waals surface area (Å²) >= 11 is 0. The first-order chi connectivity index (χ1) is 4.95. The Morgan fingerprint density at radius 1 is 1.64 bits per heavy atom. The van der Waals surface area contributed by atoms with Crippen LogP contribution in [0.25, 0.3) is 0 Å². The fourth-order valence-electron chi connectivity index (χ4n) is 0.450. The van der Waals surface area contributed by atoms with Gasteiger partial charge in [0.2, 0.25) is 0 Å². The Balaban J connectivity index is 3.53. The van der Waals surface area contributed by atoms with E-state index < -0.39 is 11.7 Å². The predicted octanol–water partition coefficient (Wildman–Crippen LogP) is 0.0465. The molecule has 0 unspecified atom stereocenters. The quantitative estimate of drug-likeness (QED) is 0.556. The Hall–Kier alpha value is -0.705. The molecule has 0 aliphatic heterocycles. The minimum atomic E-state index is -0.469. The molecule has 0 bridgehead atoms. The first-order valence-corrected chi connectivity index (χ1v) is 3.47. The highest BCUT2D eigenvalue weighted by Crippen LogP contribution is 2.05. The Morgan fingerprint density at radius 2 is 2.18 bits per heavy atom. The van der Waals surface area contributed by atoms with Crippen LogP contribution in [-0.2, 0) is 4.74 Å². The van der Waals surface area contributed by atoms with Crippen LogP contribution in [0.5, 0.6) is 0 Å². The van der Waals surface area contributed by atoms with Crippen LogP contribution in [0.4, 0.5) is 4.79 Å². The number of nitrogens with two attached hydrogens (primary N) is 1. The standard InChI is InChI=1S/C6H14BN2O2/c1-6(2,3)11-5(10)9-7-4-8/h4,8H2,1-3H3,(H,9,10). The smallest absolute Gasteiger partial charge is 0.395 e. The van der Waals surface area contributed by atoms with Crippen LogP contribution >= 0.6 is 0 Å². The lowest BCUT2D eigenvalue weighted by molar-refractivity contribution is 0.0568. The largest absolute Gasteiger partial charge is 0.445 e. The molecule has 0 fully saturated rings. The molecule has 1 amide bonds. The van der Waals surface area contributed by atoms with Gasteiger partial charge in [0.25, 0.3) is 7.41 Å². The van der Waals surface area contributed by atoms with E-state index in [-0.39, 0.29) is 0 Å². The third-order valence-corrected chi connectivity index (χ3v) is 0.737. The maximum Gasteiger partial charge on any atom is 0.395 e. The van der Waals surface area contributed by atoms with Gasteiger partial charge in [0.05, 0.1) is 0 Å². The molecule has 0 aliphatic carbocycles. The van der Waals surface area contributed by atoms with E-state index >= 15 is 0 Å². The molecule has 0 heterocycles. The highest BCUT2D eigenvalue weighted by molar-refractivity contribution is 6.36. The van der Waals surface area contributed by atoms with Gasteiger partial charge in [-0.1, -0.05) is 0 Å². The molecule has 0 spiro atoms. The number of carbonyl (C=O) groups excluding carboxylic acids is 1. The monoisotopic (exact) mass is 157 g/mol. The number of carbonyl (C=O) groups is 1. The zero-order chi connectivity index (χ0) is 8.91. The third kappa shape index (κ3) is 7.19. The van der Waals surface area contributed by atoms with Crippen molar-refractivity contribution in [2.24, 2.45) is 5.73 Å². The molecule has 0 aromatic carbocycles. The van der Waals surface area contributed by atoms with Gasteiger partial charge in [-0.3, -0.25) is 0 Å². The van der Waals surface area contributed by atoms with E-state index in [0.717, 1.165) is 0 Å². The molecule has 0 aliphatic rings. The first kappa shape index (κ1) is 10.3. The highest BCUT2D eigenvalue weighted by atomic mass is 16.6. The molecule has 1 radical (unpaired) electrons. The number of nitrogens with one attached hydrogen (secondary N) is 1. The van der Waals surface area contributed by atoms with Crippen LogP contribution in [0.3, 0.4) is 0 Å². The summed E-state index contributed by atoms with van der Waals surface area (Å²) in [6.07, 6.45) is -0.165. The predicted molar refractivity (Wildman–Crippen MR) is 44.2 cm³/mol. The normalized spacial score (nSPS) is 10.5. The SMILES string of the molecule is CC(C)(C)OC(=O)N[B]CN. The van der Waals surface area contributed by atoms with Crippen LogP contribution in [-0.4, -0.2) is 25.6 Å². The van der Waals surface area contributed by atoms with Crippen molar-refractivity contribution in [3.05, 3.63) is 0 Å². The minimum Gasteiger partial charge on any atom is -0.445 e. The third-order valence-electron chi connectivity index (χ3n) is 0.737. The summed E-state index contributed by atoms with van der Waals surface area (Å²) in [4.78, 5) is 10.8. The topological polar surface area (TPSA) is 64.3 Å². The molecule has 4 nitrogen and oxygen atoms in total. The van der Waals surface area contributed by atoms with Crippen LogP contribution in [0.1, 0.15) is 20.8 Å². The van der Waals surface area contributed by atoms with Crippen molar-refractivity contribution >= 4 is 13.5 Å². The van der Waals surface area contributed by atoms with Crippen LogP contribution < -0.4 is 11.0 Å². The number of hydrogen-bond acceptors (Lipinski definition) is 3. The zero-order valence-corrected chi connectivity index (χ0v) is 7.18. The van der Waals surface area contributed by atoms with Gasteiger partial charge < -0.3 is 15.7 Å². The summed E-state index contributed by atoms with van der Waals surface area (Å²) in [6.45, 7) is 5.40. The lowest BCUT2D eigenvalue weighted by atomic mass is 9.97. The number of rotatable bonds is 2. The van der Waals surface area contributed by atoms with Crippen molar-refractivity contribution < 1.29 is 9.53 Å². The second-order valence-electron chi connectivity index (χ2n) is 3.09. The lowest BCUT2D eigenvalue weighted by Crippen LogP contribution is -2.37. The Morgan fingerprint density at radius 3 is 2.55 bits per heavy atom. The number of amides is 1. The Bertz CT molecular complexity index is 133. The summed E-state index contributed by atoms with van der Waals surface area (Å²) in [7, 11) is 1.44. The molecule has 0 aromatic rings. The second kappa shape index (κ2) is 4.23. The van der Waals surface area contributed by atoms with E-state index in [4.69, 9.17) is 10.5 Å². The van der Waals surface area contributed by atoms with Gasteiger partial charge in [-0.25, -0.2) is 4.79 Å². The summed E-state index contributed by atoms with van der Waals surface area (Å²) in [5, 5.41) is 2.38. The summed E-state index contributed by atoms with van der Waals surface area (Å²) in [5.41, 5.74) is 4.66. The minimum absolute atomic E-state index is 0.305. The molecule has 5 heteroatoms. The zero-order valence-electron chi connectivity index (χ0n) is 7.18. The molecule has 0 atom stereocenters. The molecule has 63 valence electrons. The van der Waals surface area contributed by atoms with Crippen molar-refractivity contribution in [3.63, 3.8) is 0 Å². The van der Waals surface area contributed by atoms with Crippen LogP contribution in [0.15, 0.2) is 0 Å². The fourth-order valence-corrected chi connectivity index (χ4v) is 0.450. The Kier molecular flexibility index (Phi) is 3.96. The van der Waals surface area contributed by atoms with Crippen molar-refractivity contribution in [1.29, 1.82) is 0 Å².